The lowest BCUT2D eigenvalue weighted by molar-refractivity contribution is -0.0663. The summed E-state index contributed by atoms with van der Waals surface area (Å²) in [5.74, 6) is 0. The third-order valence-electron chi connectivity index (χ3n) is 3.69. The van der Waals surface area contributed by atoms with Crippen LogP contribution in [0, 0.1) is 0 Å². The number of nitrogens with zero attached hydrogens (tertiary/aromatic N) is 2. The molecule has 2 rings (SSSR count). The summed E-state index contributed by atoms with van der Waals surface area (Å²) in [5.41, 5.74) is 0.607. The molecule has 0 radical (unpaired) electrons. The van der Waals surface area contributed by atoms with E-state index in [1.165, 1.54) is 38.9 Å². The van der Waals surface area contributed by atoms with Gasteiger partial charge in [-0.2, -0.15) is 0 Å². The van der Waals surface area contributed by atoms with Crippen LogP contribution in [0.2, 0.25) is 0 Å². The summed E-state index contributed by atoms with van der Waals surface area (Å²) in [5, 5.41) is 0. The van der Waals surface area contributed by atoms with Crippen molar-refractivity contribution >= 4 is 22.9 Å². The molecule has 2 aliphatic heterocycles. The molecular weight excluding hydrogens is 275 g/mol. The van der Waals surface area contributed by atoms with Crippen molar-refractivity contribution in [2.75, 3.05) is 19.6 Å². The second-order valence-corrected chi connectivity index (χ2v) is 6.04. The predicted octanol–water partition coefficient (Wildman–Crippen LogP) is 2.29. The highest BCUT2D eigenvalue weighted by Gasteiger charge is 2.46. The lowest BCUT2D eigenvalue weighted by Crippen LogP contribution is -2.65. The zero-order chi connectivity index (χ0) is 9.47. The van der Waals surface area contributed by atoms with E-state index in [4.69, 9.17) is 0 Å². The second-order valence-electron chi connectivity index (χ2n) is 4.67. The van der Waals surface area contributed by atoms with Gasteiger partial charge in [0.1, 0.15) is 0 Å². The van der Waals surface area contributed by atoms with Gasteiger partial charge in [0, 0.05) is 54.1 Å². The van der Waals surface area contributed by atoms with Gasteiger partial charge in [-0.25, -0.2) is 3.11 Å². The average molecular weight is 294 g/mol. The van der Waals surface area contributed by atoms with Crippen molar-refractivity contribution in [1.29, 1.82) is 0 Å². The minimum absolute atomic E-state index is 0.607. The van der Waals surface area contributed by atoms with Crippen LogP contribution < -0.4 is 0 Å². The highest BCUT2D eigenvalue weighted by atomic mass is 127. The molecule has 2 heterocycles. The molecule has 0 N–H and O–H groups in total. The van der Waals surface area contributed by atoms with E-state index in [0.29, 0.717) is 5.54 Å². The van der Waals surface area contributed by atoms with Crippen LogP contribution in [0.5, 0.6) is 0 Å². The lowest BCUT2D eigenvalue weighted by Gasteiger charge is -2.58. The maximum Gasteiger partial charge on any atom is 0.0249 e. The summed E-state index contributed by atoms with van der Waals surface area (Å²) >= 11 is 2.45. The summed E-state index contributed by atoms with van der Waals surface area (Å²) < 4.78 is 2.43. The number of hydrogen-bond donors (Lipinski definition) is 0. The van der Waals surface area contributed by atoms with E-state index in [0.717, 1.165) is 6.04 Å². The average Bonchev–Trinajstić information content (AvgIpc) is 2.03. The van der Waals surface area contributed by atoms with Crippen LogP contribution in [-0.4, -0.2) is 39.2 Å². The minimum Gasteiger partial charge on any atom is -0.295 e. The summed E-state index contributed by atoms with van der Waals surface area (Å²) in [6.45, 7) is 8.56. The van der Waals surface area contributed by atoms with Gasteiger partial charge in [-0.3, -0.25) is 4.90 Å². The Kier molecular flexibility index (Phi) is 2.87. The molecule has 0 aliphatic carbocycles. The van der Waals surface area contributed by atoms with E-state index in [1.807, 2.05) is 0 Å². The molecule has 2 fully saturated rings. The maximum atomic E-state index is 2.70. The predicted molar refractivity (Wildman–Crippen MR) is 64.0 cm³/mol. The first-order valence-corrected chi connectivity index (χ1v) is 6.28. The second kappa shape index (κ2) is 3.66. The van der Waals surface area contributed by atoms with Crippen LogP contribution in [0.15, 0.2) is 0 Å². The Hall–Kier alpha value is 0.650. The van der Waals surface area contributed by atoms with Crippen molar-refractivity contribution < 1.29 is 0 Å². The maximum absolute atomic E-state index is 2.70. The fourth-order valence-corrected chi connectivity index (χ4v) is 3.28. The molecule has 76 valence electrons. The molecule has 3 heteroatoms. The Morgan fingerprint density at radius 3 is 2.00 bits per heavy atom. The highest BCUT2D eigenvalue weighted by molar-refractivity contribution is 14.1. The van der Waals surface area contributed by atoms with E-state index in [1.54, 1.807) is 0 Å². The van der Waals surface area contributed by atoms with Gasteiger partial charge in [-0.05, 0) is 33.1 Å². The SMILES string of the molecule is CC(C)N1CCC12CCN(I)CC2. The molecule has 0 atom stereocenters. The molecule has 0 saturated carbocycles. The van der Waals surface area contributed by atoms with Crippen LogP contribution in [0.4, 0.5) is 0 Å². The van der Waals surface area contributed by atoms with Crippen LogP contribution in [0.1, 0.15) is 33.1 Å². The first-order valence-electron chi connectivity index (χ1n) is 5.31. The van der Waals surface area contributed by atoms with E-state index in [-0.39, 0.29) is 0 Å². The van der Waals surface area contributed by atoms with Gasteiger partial charge in [0.2, 0.25) is 0 Å². The van der Waals surface area contributed by atoms with Crippen LogP contribution in [0.3, 0.4) is 0 Å². The minimum atomic E-state index is 0.607. The van der Waals surface area contributed by atoms with Gasteiger partial charge in [0.25, 0.3) is 0 Å². The lowest BCUT2D eigenvalue weighted by atomic mass is 9.76. The largest absolute Gasteiger partial charge is 0.295 e. The Balaban J connectivity index is 1.98. The van der Waals surface area contributed by atoms with Crippen molar-refractivity contribution in [1.82, 2.24) is 8.01 Å². The Morgan fingerprint density at radius 2 is 1.62 bits per heavy atom. The molecule has 1 spiro atoms. The van der Waals surface area contributed by atoms with Gasteiger partial charge in [0.05, 0.1) is 0 Å². The van der Waals surface area contributed by atoms with Gasteiger partial charge < -0.3 is 0 Å². The summed E-state index contributed by atoms with van der Waals surface area (Å²) in [6, 6.07) is 0.745. The smallest absolute Gasteiger partial charge is 0.0249 e. The monoisotopic (exact) mass is 294 g/mol. The molecule has 0 aromatic carbocycles. The molecular formula is C10H19IN2. The summed E-state index contributed by atoms with van der Waals surface area (Å²) in [7, 11) is 0. The molecule has 2 aliphatic rings. The standard InChI is InChI=1S/C10H19IN2/c1-9(2)13-8-5-10(13)3-6-12(11)7-4-10/h9H,3-8H2,1-2H3. The first kappa shape index (κ1) is 10.2. The Labute approximate surface area is 95.2 Å². The fourth-order valence-electron chi connectivity index (χ4n) is 2.80. The van der Waals surface area contributed by atoms with Gasteiger partial charge in [0.15, 0.2) is 0 Å². The van der Waals surface area contributed by atoms with E-state index >= 15 is 0 Å². The topological polar surface area (TPSA) is 6.48 Å². The molecule has 0 amide bonds. The van der Waals surface area contributed by atoms with E-state index in [9.17, 15) is 0 Å². The molecule has 0 aromatic heterocycles. The Morgan fingerprint density at radius 1 is 1.08 bits per heavy atom. The van der Waals surface area contributed by atoms with Gasteiger partial charge in [-0.1, -0.05) is 0 Å². The molecule has 2 nitrogen and oxygen atoms in total. The first-order chi connectivity index (χ1) is 6.14. The van der Waals surface area contributed by atoms with Crippen LogP contribution in [-0.2, 0) is 0 Å². The van der Waals surface area contributed by atoms with Gasteiger partial charge >= 0.3 is 0 Å². The molecule has 2 saturated heterocycles. The fraction of sp³-hybridized carbons (Fsp3) is 1.00. The number of piperidine rings is 1. The van der Waals surface area contributed by atoms with Crippen molar-refractivity contribution in [3.63, 3.8) is 0 Å². The number of rotatable bonds is 1. The zero-order valence-corrected chi connectivity index (χ0v) is 10.7. The third kappa shape index (κ3) is 1.75. The number of halogens is 1. The molecule has 13 heavy (non-hydrogen) atoms. The summed E-state index contributed by atoms with van der Waals surface area (Å²) in [6.07, 6.45) is 4.21. The molecule has 0 unspecified atom stereocenters. The van der Waals surface area contributed by atoms with E-state index < -0.39 is 0 Å². The van der Waals surface area contributed by atoms with E-state index in [2.05, 4.69) is 44.7 Å². The van der Waals surface area contributed by atoms with Crippen molar-refractivity contribution in [3.8, 4) is 0 Å². The molecule has 0 bridgehead atoms. The van der Waals surface area contributed by atoms with Crippen LogP contribution >= 0.6 is 22.9 Å². The van der Waals surface area contributed by atoms with Crippen LogP contribution in [0.25, 0.3) is 0 Å². The quantitative estimate of drug-likeness (QED) is 0.541. The van der Waals surface area contributed by atoms with Crippen molar-refractivity contribution in [3.05, 3.63) is 0 Å². The van der Waals surface area contributed by atoms with Crippen molar-refractivity contribution in [2.24, 2.45) is 0 Å². The zero-order valence-electron chi connectivity index (χ0n) is 8.59. The normalized spacial score (nSPS) is 29.5. The number of hydrogen-bond acceptors (Lipinski definition) is 2. The summed E-state index contributed by atoms with van der Waals surface area (Å²) in [4.78, 5) is 2.70. The Bertz CT molecular complexity index is 185. The third-order valence-corrected chi connectivity index (χ3v) is 4.66. The highest BCUT2D eigenvalue weighted by Crippen LogP contribution is 2.41. The number of likely N-dealkylation sites (tertiary alicyclic amines) is 1. The molecule has 0 aromatic rings. The van der Waals surface area contributed by atoms with Crippen molar-refractivity contribution in [2.45, 2.75) is 44.7 Å². The van der Waals surface area contributed by atoms with Gasteiger partial charge in [-0.15, -0.1) is 0 Å².